The van der Waals surface area contributed by atoms with Gasteiger partial charge in [-0.15, -0.1) is 0 Å². The Morgan fingerprint density at radius 1 is 1.07 bits per heavy atom. The summed E-state index contributed by atoms with van der Waals surface area (Å²) in [5, 5.41) is 0.0875. The van der Waals surface area contributed by atoms with Gasteiger partial charge in [-0.1, -0.05) is 47.5 Å². The third-order valence-corrected chi connectivity index (χ3v) is 6.20. The Morgan fingerprint density at radius 3 is 2.37 bits per heavy atom. The Labute approximate surface area is 180 Å². The summed E-state index contributed by atoms with van der Waals surface area (Å²) in [5.74, 6) is -0.805. The van der Waals surface area contributed by atoms with Gasteiger partial charge in [-0.2, -0.15) is 0 Å². The van der Waals surface area contributed by atoms with Crippen LogP contribution in [0.2, 0.25) is 5.02 Å². The molecule has 156 valence electrons. The highest BCUT2D eigenvalue weighted by molar-refractivity contribution is 7.92. The summed E-state index contributed by atoms with van der Waals surface area (Å²) >= 11 is 6.24. The van der Waals surface area contributed by atoms with Crippen molar-refractivity contribution in [3.05, 3.63) is 94.3 Å². The number of sulfonamides is 1. The molecule has 3 aromatic rings. The van der Waals surface area contributed by atoms with Crippen molar-refractivity contribution in [2.75, 3.05) is 11.8 Å². The van der Waals surface area contributed by atoms with Crippen LogP contribution in [0.15, 0.2) is 71.6 Å². The number of anilines is 1. The first-order valence-electron chi connectivity index (χ1n) is 9.05. The second kappa shape index (κ2) is 8.85. The molecule has 1 amide bonds. The molecule has 0 heterocycles. The zero-order valence-electron chi connectivity index (χ0n) is 16.4. The maximum atomic E-state index is 13.8. The molecule has 0 radical (unpaired) electrons. The number of nitrogens with zero attached hydrogens (tertiary/aromatic N) is 1. The van der Waals surface area contributed by atoms with Gasteiger partial charge < -0.3 is 4.90 Å². The van der Waals surface area contributed by atoms with Crippen LogP contribution in [0, 0.1) is 12.7 Å². The topological polar surface area (TPSA) is 66.5 Å². The minimum Gasteiger partial charge on any atom is -0.337 e. The first kappa shape index (κ1) is 21.8. The molecule has 8 heteroatoms. The van der Waals surface area contributed by atoms with E-state index in [1.807, 2.05) is 6.92 Å². The highest BCUT2D eigenvalue weighted by atomic mass is 35.5. The Bertz CT molecular complexity index is 1180. The van der Waals surface area contributed by atoms with E-state index < -0.39 is 21.7 Å². The second-order valence-corrected chi connectivity index (χ2v) is 8.96. The van der Waals surface area contributed by atoms with E-state index in [4.69, 9.17) is 11.6 Å². The molecule has 0 spiro atoms. The van der Waals surface area contributed by atoms with Crippen LogP contribution in [-0.2, 0) is 16.6 Å². The first-order chi connectivity index (χ1) is 14.2. The van der Waals surface area contributed by atoms with E-state index in [1.165, 1.54) is 41.3 Å². The Morgan fingerprint density at radius 2 is 1.73 bits per heavy atom. The minimum absolute atomic E-state index is 0.0731. The van der Waals surface area contributed by atoms with Crippen LogP contribution in [-0.4, -0.2) is 26.3 Å². The quantitative estimate of drug-likeness (QED) is 0.588. The molecule has 30 heavy (non-hydrogen) atoms. The molecule has 0 fully saturated rings. The van der Waals surface area contributed by atoms with Gasteiger partial charge in [0, 0.05) is 19.2 Å². The summed E-state index contributed by atoms with van der Waals surface area (Å²) in [4.78, 5) is 14.2. The molecule has 5 nitrogen and oxygen atoms in total. The van der Waals surface area contributed by atoms with Crippen molar-refractivity contribution >= 4 is 33.2 Å². The molecule has 0 bridgehead atoms. The summed E-state index contributed by atoms with van der Waals surface area (Å²) < 4.78 is 41.3. The van der Waals surface area contributed by atoms with Gasteiger partial charge in [0.1, 0.15) is 5.82 Å². The van der Waals surface area contributed by atoms with Gasteiger partial charge >= 0.3 is 0 Å². The van der Waals surface area contributed by atoms with E-state index in [-0.39, 0.29) is 27.7 Å². The van der Waals surface area contributed by atoms with Crippen LogP contribution in [0.4, 0.5) is 10.1 Å². The summed E-state index contributed by atoms with van der Waals surface area (Å²) in [6.07, 6.45) is 0. The number of carbonyl (C=O) groups excluding carboxylic acids is 1. The van der Waals surface area contributed by atoms with Gasteiger partial charge in [0.05, 0.1) is 21.2 Å². The Hall–Kier alpha value is -2.90. The largest absolute Gasteiger partial charge is 0.337 e. The monoisotopic (exact) mass is 446 g/mol. The van der Waals surface area contributed by atoms with Crippen LogP contribution in [0.5, 0.6) is 0 Å². The lowest BCUT2D eigenvalue weighted by molar-refractivity contribution is 0.0784. The molecular formula is C22H20ClFN2O3S. The maximum absolute atomic E-state index is 13.8. The number of benzene rings is 3. The molecule has 0 saturated heterocycles. The highest BCUT2D eigenvalue weighted by Gasteiger charge is 2.19. The van der Waals surface area contributed by atoms with Crippen molar-refractivity contribution < 1.29 is 17.6 Å². The van der Waals surface area contributed by atoms with Gasteiger partial charge in [-0.05, 0) is 43.3 Å². The lowest BCUT2D eigenvalue weighted by Crippen LogP contribution is -2.27. The molecular weight excluding hydrogens is 427 g/mol. The van der Waals surface area contributed by atoms with Gasteiger partial charge in [0.2, 0.25) is 0 Å². The van der Waals surface area contributed by atoms with Crippen LogP contribution in [0.3, 0.4) is 0 Å². The fourth-order valence-electron chi connectivity index (χ4n) is 2.84. The summed E-state index contributed by atoms with van der Waals surface area (Å²) in [6, 6.07) is 16.9. The van der Waals surface area contributed by atoms with E-state index in [0.29, 0.717) is 5.56 Å². The lowest BCUT2D eigenvalue weighted by atomic mass is 10.1. The van der Waals surface area contributed by atoms with Crippen molar-refractivity contribution in [2.24, 2.45) is 0 Å². The number of nitrogens with one attached hydrogen (secondary N) is 1. The van der Waals surface area contributed by atoms with Crippen molar-refractivity contribution in [3.63, 3.8) is 0 Å². The number of hydrogen-bond donors (Lipinski definition) is 1. The Balaban J connectivity index is 1.76. The molecule has 0 unspecified atom stereocenters. The zero-order valence-corrected chi connectivity index (χ0v) is 18.0. The molecule has 3 rings (SSSR count). The van der Waals surface area contributed by atoms with Gasteiger partial charge in [0.15, 0.2) is 0 Å². The van der Waals surface area contributed by atoms with Gasteiger partial charge in [-0.25, -0.2) is 12.8 Å². The summed E-state index contributed by atoms with van der Waals surface area (Å²) in [6.45, 7) is 1.94. The zero-order chi connectivity index (χ0) is 21.9. The predicted molar refractivity (Wildman–Crippen MR) is 116 cm³/mol. The first-order valence-corrected chi connectivity index (χ1v) is 10.9. The van der Waals surface area contributed by atoms with Gasteiger partial charge in [-0.3, -0.25) is 9.52 Å². The van der Waals surface area contributed by atoms with Crippen LogP contribution >= 0.6 is 11.6 Å². The molecule has 0 aliphatic carbocycles. The van der Waals surface area contributed by atoms with E-state index in [9.17, 15) is 17.6 Å². The average Bonchev–Trinajstić information content (AvgIpc) is 2.69. The minimum atomic E-state index is -3.79. The predicted octanol–water partition coefficient (Wildman–Crippen LogP) is 4.86. The van der Waals surface area contributed by atoms with Crippen molar-refractivity contribution in [1.29, 1.82) is 0 Å². The van der Waals surface area contributed by atoms with Crippen molar-refractivity contribution in [2.45, 2.75) is 18.4 Å². The number of amides is 1. The standard InChI is InChI=1S/C22H20ClFN2O3S/c1-15-7-10-18(11-8-15)30(28,29)25-17-9-12-19(20(23)13-17)22(27)26(2)14-16-5-3-4-6-21(16)24/h3-13,25H,14H2,1-2H3. The smallest absolute Gasteiger partial charge is 0.261 e. The molecule has 0 atom stereocenters. The van der Waals surface area contributed by atoms with Crippen LogP contribution in [0.25, 0.3) is 0 Å². The summed E-state index contributed by atoms with van der Waals surface area (Å²) in [7, 11) is -2.25. The molecule has 0 aromatic heterocycles. The van der Waals surface area contributed by atoms with E-state index in [2.05, 4.69) is 4.72 Å². The van der Waals surface area contributed by atoms with Crippen molar-refractivity contribution in [1.82, 2.24) is 4.90 Å². The Kier molecular flexibility index (Phi) is 6.43. The van der Waals surface area contributed by atoms with Crippen molar-refractivity contribution in [3.8, 4) is 0 Å². The SMILES string of the molecule is Cc1ccc(S(=O)(=O)Nc2ccc(C(=O)N(C)Cc3ccccc3F)c(Cl)c2)cc1. The molecule has 3 aromatic carbocycles. The molecule has 0 saturated carbocycles. The number of carbonyl (C=O) groups is 1. The van der Waals surface area contributed by atoms with Crippen LogP contribution < -0.4 is 4.72 Å². The average molecular weight is 447 g/mol. The number of aryl methyl sites for hydroxylation is 1. The van der Waals surface area contributed by atoms with Crippen LogP contribution in [0.1, 0.15) is 21.5 Å². The normalized spacial score (nSPS) is 11.2. The number of rotatable bonds is 6. The van der Waals surface area contributed by atoms with E-state index in [0.717, 1.165) is 5.56 Å². The lowest BCUT2D eigenvalue weighted by Gasteiger charge is -2.19. The fraction of sp³-hybridized carbons (Fsp3) is 0.136. The molecule has 0 aliphatic rings. The summed E-state index contributed by atoms with van der Waals surface area (Å²) in [5.41, 5.74) is 1.74. The van der Waals surface area contributed by atoms with E-state index >= 15 is 0 Å². The number of hydrogen-bond acceptors (Lipinski definition) is 3. The third-order valence-electron chi connectivity index (χ3n) is 4.50. The molecule has 1 N–H and O–H groups in total. The third kappa shape index (κ3) is 4.98. The van der Waals surface area contributed by atoms with Gasteiger partial charge in [0.25, 0.3) is 15.9 Å². The van der Waals surface area contributed by atoms with E-state index in [1.54, 1.807) is 37.4 Å². The molecule has 0 aliphatic heterocycles. The maximum Gasteiger partial charge on any atom is 0.261 e. The second-order valence-electron chi connectivity index (χ2n) is 6.87. The number of halogens is 2. The highest BCUT2D eigenvalue weighted by Crippen LogP contribution is 2.25. The fourth-order valence-corrected chi connectivity index (χ4v) is 4.15.